The standard InChI is InChI=1S/C19H34O13/c1-5-8(20)11(23)13(25)17(28-5)31-15-10(22)7(3)30-19(27-4)16(15)32-18-14(26)12(24)9(21)6(2)29-18/h5-26H,1-4H3/t5-,6-,7+,8-,9-,10-,11+,12-,13-,14-,15+,16-,17+,18-,19-/m1/s1. The van der Waals surface area contributed by atoms with Gasteiger partial charge in [-0.25, -0.2) is 0 Å². The summed E-state index contributed by atoms with van der Waals surface area (Å²) in [4.78, 5) is 0. The second-order valence-corrected chi connectivity index (χ2v) is 8.50. The van der Waals surface area contributed by atoms with Gasteiger partial charge in [0.2, 0.25) is 0 Å². The van der Waals surface area contributed by atoms with Crippen molar-refractivity contribution in [3.8, 4) is 0 Å². The molecule has 0 bridgehead atoms. The molecule has 3 aliphatic rings. The van der Waals surface area contributed by atoms with Crippen molar-refractivity contribution in [1.82, 2.24) is 0 Å². The highest BCUT2D eigenvalue weighted by Crippen LogP contribution is 2.33. The Hall–Kier alpha value is -0.520. The molecule has 0 aromatic carbocycles. The Morgan fingerprint density at radius 2 is 0.844 bits per heavy atom. The van der Waals surface area contributed by atoms with E-state index in [1.54, 1.807) is 6.92 Å². The van der Waals surface area contributed by atoms with E-state index in [0.717, 1.165) is 0 Å². The van der Waals surface area contributed by atoms with Gasteiger partial charge in [-0.15, -0.1) is 0 Å². The highest BCUT2D eigenvalue weighted by molar-refractivity contribution is 4.95. The van der Waals surface area contributed by atoms with E-state index in [9.17, 15) is 35.7 Å². The average Bonchev–Trinajstić information content (AvgIpc) is 2.76. The first-order valence-corrected chi connectivity index (χ1v) is 10.5. The number of methoxy groups -OCH3 is 1. The zero-order valence-corrected chi connectivity index (χ0v) is 18.2. The Morgan fingerprint density at radius 3 is 1.28 bits per heavy atom. The highest BCUT2D eigenvalue weighted by atomic mass is 16.8. The lowest BCUT2D eigenvalue weighted by atomic mass is 9.96. The normalized spacial score (nSPS) is 55.0. The topological polar surface area (TPSA) is 197 Å². The number of aliphatic hydroxyl groups is 7. The van der Waals surface area contributed by atoms with Crippen LogP contribution in [0, 0.1) is 0 Å². The fourth-order valence-electron chi connectivity index (χ4n) is 4.04. The van der Waals surface area contributed by atoms with E-state index in [1.807, 2.05) is 0 Å². The van der Waals surface area contributed by atoms with Gasteiger partial charge in [-0.2, -0.15) is 0 Å². The summed E-state index contributed by atoms with van der Waals surface area (Å²) < 4.78 is 33.4. The van der Waals surface area contributed by atoms with Crippen LogP contribution in [-0.4, -0.2) is 135 Å². The average molecular weight is 470 g/mol. The Labute approximate surface area is 185 Å². The molecule has 13 nitrogen and oxygen atoms in total. The second-order valence-electron chi connectivity index (χ2n) is 8.50. The molecule has 15 atom stereocenters. The summed E-state index contributed by atoms with van der Waals surface area (Å²) in [5.74, 6) is 0. The van der Waals surface area contributed by atoms with Gasteiger partial charge in [0.05, 0.1) is 18.3 Å². The molecule has 13 heteroatoms. The molecule has 0 unspecified atom stereocenters. The molecule has 0 amide bonds. The van der Waals surface area contributed by atoms with E-state index >= 15 is 0 Å². The van der Waals surface area contributed by atoms with Crippen molar-refractivity contribution in [1.29, 1.82) is 0 Å². The first kappa shape index (κ1) is 26.1. The van der Waals surface area contributed by atoms with Gasteiger partial charge in [0.1, 0.15) is 54.9 Å². The Bertz CT molecular complexity index is 574. The van der Waals surface area contributed by atoms with Crippen LogP contribution in [0.1, 0.15) is 20.8 Å². The predicted molar refractivity (Wildman–Crippen MR) is 102 cm³/mol. The molecule has 3 rings (SSSR count). The summed E-state index contributed by atoms with van der Waals surface area (Å²) in [7, 11) is 1.32. The van der Waals surface area contributed by atoms with Crippen molar-refractivity contribution < 1.29 is 64.2 Å². The van der Waals surface area contributed by atoms with Crippen molar-refractivity contribution in [3.05, 3.63) is 0 Å². The van der Waals surface area contributed by atoms with Crippen LogP contribution in [0.4, 0.5) is 0 Å². The van der Waals surface area contributed by atoms with Gasteiger partial charge in [-0.3, -0.25) is 0 Å². The smallest absolute Gasteiger partial charge is 0.187 e. The third-order valence-corrected chi connectivity index (χ3v) is 6.19. The molecule has 3 heterocycles. The first-order valence-electron chi connectivity index (χ1n) is 10.5. The van der Waals surface area contributed by atoms with Crippen molar-refractivity contribution in [3.63, 3.8) is 0 Å². The largest absolute Gasteiger partial charge is 0.388 e. The number of hydrogen-bond donors (Lipinski definition) is 7. The third-order valence-electron chi connectivity index (χ3n) is 6.19. The van der Waals surface area contributed by atoms with Crippen molar-refractivity contribution in [2.24, 2.45) is 0 Å². The molecule has 0 aromatic rings. The summed E-state index contributed by atoms with van der Waals surface area (Å²) in [6.45, 7) is 4.51. The summed E-state index contributed by atoms with van der Waals surface area (Å²) in [6, 6.07) is 0. The first-order chi connectivity index (χ1) is 15.0. The van der Waals surface area contributed by atoms with E-state index in [0.29, 0.717) is 0 Å². The van der Waals surface area contributed by atoms with Gasteiger partial charge >= 0.3 is 0 Å². The lowest BCUT2D eigenvalue weighted by molar-refractivity contribution is -0.385. The Balaban J connectivity index is 1.82. The summed E-state index contributed by atoms with van der Waals surface area (Å²) >= 11 is 0. The molecule has 0 aliphatic carbocycles. The molecule has 7 N–H and O–H groups in total. The molecule has 0 saturated carbocycles. The number of rotatable bonds is 5. The van der Waals surface area contributed by atoms with Crippen LogP contribution >= 0.6 is 0 Å². The monoisotopic (exact) mass is 470 g/mol. The molecular weight excluding hydrogens is 436 g/mol. The van der Waals surface area contributed by atoms with Crippen LogP contribution < -0.4 is 0 Å². The Kier molecular flexibility index (Phi) is 8.48. The van der Waals surface area contributed by atoms with E-state index in [2.05, 4.69) is 0 Å². The van der Waals surface area contributed by atoms with Crippen LogP contribution in [0.3, 0.4) is 0 Å². The van der Waals surface area contributed by atoms with E-state index < -0.39 is 92.1 Å². The van der Waals surface area contributed by atoms with E-state index in [-0.39, 0.29) is 0 Å². The SMILES string of the molecule is CO[C@@H]1O[C@@H](C)[C@@H](O)[C@H](O[C@@H]2O[C@H](C)[C@@H](O)[C@H](O)[C@H]2O)[C@H]1O[C@H]1O[C@H](C)[C@@H](O)[C@@H](O)[C@H]1O. The third kappa shape index (κ3) is 4.95. The second kappa shape index (κ2) is 10.4. The van der Waals surface area contributed by atoms with Gasteiger partial charge in [0, 0.05) is 7.11 Å². The van der Waals surface area contributed by atoms with Crippen molar-refractivity contribution in [2.45, 2.75) is 113 Å². The van der Waals surface area contributed by atoms with Crippen molar-refractivity contribution in [2.75, 3.05) is 7.11 Å². The van der Waals surface area contributed by atoms with Gasteiger partial charge in [-0.1, -0.05) is 0 Å². The summed E-state index contributed by atoms with van der Waals surface area (Å²) in [5.41, 5.74) is 0. The van der Waals surface area contributed by atoms with Gasteiger partial charge in [0.15, 0.2) is 18.9 Å². The number of hydrogen-bond acceptors (Lipinski definition) is 13. The lowest BCUT2D eigenvalue weighted by Gasteiger charge is -2.48. The van der Waals surface area contributed by atoms with E-state index in [1.165, 1.54) is 21.0 Å². The van der Waals surface area contributed by atoms with Gasteiger partial charge in [-0.05, 0) is 20.8 Å². The molecule has 3 saturated heterocycles. The molecular formula is C19H34O13. The molecule has 3 fully saturated rings. The van der Waals surface area contributed by atoms with Crippen LogP contribution in [0.15, 0.2) is 0 Å². The van der Waals surface area contributed by atoms with Crippen LogP contribution in [0.25, 0.3) is 0 Å². The van der Waals surface area contributed by atoms with Crippen LogP contribution in [-0.2, 0) is 28.4 Å². The van der Waals surface area contributed by atoms with Crippen molar-refractivity contribution >= 4 is 0 Å². The fraction of sp³-hybridized carbons (Fsp3) is 1.00. The molecule has 32 heavy (non-hydrogen) atoms. The molecule has 0 radical (unpaired) electrons. The zero-order valence-electron chi connectivity index (χ0n) is 18.2. The maximum atomic E-state index is 10.7. The lowest BCUT2D eigenvalue weighted by Crippen LogP contribution is -2.65. The van der Waals surface area contributed by atoms with E-state index in [4.69, 9.17) is 28.4 Å². The molecule has 3 aliphatic heterocycles. The van der Waals surface area contributed by atoms with Gasteiger partial charge in [0.25, 0.3) is 0 Å². The fourth-order valence-corrected chi connectivity index (χ4v) is 4.04. The van der Waals surface area contributed by atoms with Crippen LogP contribution in [0.2, 0.25) is 0 Å². The maximum absolute atomic E-state index is 10.7. The molecule has 0 aromatic heterocycles. The zero-order chi connectivity index (χ0) is 23.9. The minimum atomic E-state index is -1.64. The highest BCUT2D eigenvalue weighted by Gasteiger charge is 2.53. The summed E-state index contributed by atoms with van der Waals surface area (Å²) in [5, 5.41) is 71.3. The quantitative estimate of drug-likeness (QED) is 0.206. The summed E-state index contributed by atoms with van der Waals surface area (Å²) in [6.07, 6.45) is -19.5. The minimum Gasteiger partial charge on any atom is -0.388 e. The molecule has 188 valence electrons. The van der Waals surface area contributed by atoms with Crippen LogP contribution in [0.5, 0.6) is 0 Å². The predicted octanol–water partition coefficient (Wildman–Crippen LogP) is -3.84. The number of ether oxygens (including phenoxy) is 6. The van der Waals surface area contributed by atoms with Gasteiger partial charge < -0.3 is 64.2 Å². The minimum absolute atomic E-state index is 0.804. The Morgan fingerprint density at radius 1 is 0.469 bits per heavy atom. The maximum Gasteiger partial charge on any atom is 0.187 e. The number of aliphatic hydroxyl groups excluding tert-OH is 7. The molecule has 0 spiro atoms.